The van der Waals surface area contributed by atoms with Gasteiger partial charge in [-0.3, -0.25) is 0 Å². The summed E-state index contributed by atoms with van der Waals surface area (Å²) in [5.74, 6) is 1.28. The molecular formula is C12H18N2O4. The molecule has 0 aromatic rings. The number of aliphatic hydroxyl groups excluding tert-OH is 1. The second kappa shape index (κ2) is 6.26. The minimum absolute atomic E-state index is 0.0422. The van der Waals surface area contributed by atoms with Crippen LogP contribution in [0.5, 0.6) is 0 Å². The van der Waals surface area contributed by atoms with Crippen molar-refractivity contribution >= 4 is 12.0 Å². The van der Waals surface area contributed by atoms with E-state index in [2.05, 4.69) is 5.92 Å². The van der Waals surface area contributed by atoms with Crippen LogP contribution in [-0.4, -0.2) is 63.8 Å². The van der Waals surface area contributed by atoms with E-state index in [0.717, 1.165) is 6.42 Å². The van der Waals surface area contributed by atoms with Crippen LogP contribution < -0.4 is 0 Å². The van der Waals surface area contributed by atoms with Crippen LogP contribution in [0.3, 0.4) is 0 Å². The number of β-amino-alcohol motifs (C(OH)–C–C–N with tert-alkyl or cyclic N) is 1. The number of terminal acetylenes is 1. The first-order valence-electron chi connectivity index (χ1n) is 5.91. The Bertz CT molecular complexity index is 364. The SMILES string of the molecule is C#CCN(CCC)C(=O)N1C[C@@H](O)C[C@H]1C(=O)O. The van der Waals surface area contributed by atoms with Gasteiger partial charge in [0.2, 0.25) is 0 Å². The normalized spacial score (nSPS) is 22.6. The Morgan fingerprint density at radius 1 is 1.56 bits per heavy atom. The molecule has 1 heterocycles. The highest BCUT2D eigenvalue weighted by atomic mass is 16.4. The summed E-state index contributed by atoms with van der Waals surface area (Å²) in [5.41, 5.74) is 0. The highest BCUT2D eigenvalue weighted by Crippen LogP contribution is 2.20. The highest BCUT2D eigenvalue weighted by molar-refractivity contribution is 5.83. The van der Waals surface area contributed by atoms with Gasteiger partial charge in [-0.05, 0) is 6.42 Å². The van der Waals surface area contributed by atoms with Gasteiger partial charge in [0.15, 0.2) is 0 Å². The zero-order valence-corrected chi connectivity index (χ0v) is 10.4. The monoisotopic (exact) mass is 254 g/mol. The van der Waals surface area contributed by atoms with Gasteiger partial charge in [-0.1, -0.05) is 12.8 Å². The summed E-state index contributed by atoms with van der Waals surface area (Å²) in [6.45, 7) is 2.57. The van der Waals surface area contributed by atoms with Crippen LogP contribution in [0.1, 0.15) is 19.8 Å². The van der Waals surface area contributed by atoms with Gasteiger partial charge in [-0.25, -0.2) is 9.59 Å². The fourth-order valence-corrected chi connectivity index (χ4v) is 2.06. The van der Waals surface area contributed by atoms with Crippen molar-refractivity contribution in [3.05, 3.63) is 0 Å². The number of carbonyl (C=O) groups excluding carboxylic acids is 1. The second-order valence-corrected chi connectivity index (χ2v) is 4.30. The molecule has 1 fully saturated rings. The molecule has 0 aromatic carbocycles. The van der Waals surface area contributed by atoms with Gasteiger partial charge in [0, 0.05) is 19.5 Å². The number of likely N-dealkylation sites (tertiary alicyclic amines) is 1. The summed E-state index contributed by atoms with van der Waals surface area (Å²) in [6, 6.07) is -1.39. The first kappa shape index (κ1) is 14.3. The summed E-state index contributed by atoms with van der Waals surface area (Å²) in [5, 5.41) is 18.5. The minimum atomic E-state index is -1.10. The molecule has 18 heavy (non-hydrogen) atoms. The largest absolute Gasteiger partial charge is 0.480 e. The fraction of sp³-hybridized carbons (Fsp3) is 0.667. The van der Waals surface area contributed by atoms with Crippen molar-refractivity contribution in [1.29, 1.82) is 0 Å². The third kappa shape index (κ3) is 3.14. The van der Waals surface area contributed by atoms with Crippen LogP contribution in [-0.2, 0) is 4.79 Å². The van der Waals surface area contributed by atoms with Gasteiger partial charge in [-0.15, -0.1) is 6.42 Å². The van der Waals surface area contributed by atoms with Crippen LogP contribution in [0.4, 0.5) is 4.79 Å². The van der Waals surface area contributed by atoms with Gasteiger partial charge in [0.25, 0.3) is 0 Å². The topological polar surface area (TPSA) is 81.1 Å². The van der Waals surface area contributed by atoms with E-state index in [1.165, 1.54) is 9.80 Å². The van der Waals surface area contributed by atoms with E-state index in [-0.39, 0.29) is 19.5 Å². The number of aliphatic hydroxyl groups is 1. The van der Waals surface area contributed by atoms with Crippen molar-refractivity contribution in [2.75, 3.05) is 19.6 Å². The molecule has 100 valence electrons. The molecule has 0 aromatic heterocycles. The number of aliphatic carboxylic acids is 1. The lowest BCUT2D eigenvalue weighted by Crippen LogP contribution is -2.48. The highest BCUT2D eigenvalue weighted by Gasteiger charge is 2.40. The summed E-state index contributed by atoms with van der Waals surface area (Å²) in [4.78, 5) is 25.8. The number of carbonyl (C=O) groups is 2. The number of urea groups is 1. The number of hydrogen-bond donors (Lipinski definition) is 2. The Hall–Kier alpha value is -1.74. The molecule has 2 amide bonds. The standard InChI is InChI=1S/C12H18N2O4/c1-3-5-13(6-4-2)12(18)14-8-9(15)7-10(14)11(16)17/h1,9-10,15H,4-8H2,2H3,(H,16,17)/t9-,10-/m0/s1. The average molecular weight is 254 g/mol. The van der Waals surface area contributed by atoms with E-state index >= 15 is 0 Å². The second-order valence-electron chi connectivity index (χ2n) is 4.30. The van der Waals surface area contributed by atoms with Gasteiger partial charge >= 0.3 is 12.0 Å². The lowest BCUT2D eigenvalue weighted by molar-refractivity contribution is -0.141. The molecule has 0 spiro atoms. The molecule has 6 nitrogen and oxygen atoms in total. The van der Waals surface area contributed by atoms with Gasteiger partial charge < -0.3 is 20.0 Å². The molecule has 1 aliphatic heterocycles. The maximum Gasteiger partial charge on any atom is 0.326 e. The number of carboxylic acid groups (broad SMARTS) is 1. The van der Waals surface area contributed by atoms with E-state index < -0.39 is 24.1 Å². The molecule has 0 unspecified atom stereocenters. The summed E-state index contributed by atoms with van der Waals surface area (Å²) in [6.07, 6.45) is 5.21. The van der Waals surface area contributed by atoms with Crippen LogP contribution in [0.2, 0.25) is 0 Å². The molecule has 2 atom stereocenters. The van der Waals surface area contributed by atoms with E-state index in [1.807, 2.05) is 6.92 Å². The lowest BCUT2D eigenvalue weighted by Gasteiger charge is -2.28. The number of hydrogen-bond acceptors (Lipinski definition) is 3. The maximum absolute atomic E-state index is 12.2. The Morgan fingerprint density at radius 2 is 2.22 bits per heavy atom. The van der Waals surface area contributed by atoms with Crippen molar-refractivity contribution in [2.24, 2.45) is 0 Å². The van der Waals surface area contributed by atoms with Crippen LogP contribution >= 0.6 is 0 Å². The Balaban J connectivity index is 2.80. The van der Waals surface area contributed by atoms with Crippen LogP contribution in [0, 0.1) is 12.3 Å². The van der Waals surface area contributed by atoms with E-state index in [9.17, 15) is 14.7 Å². The zero-order valence-electron chi connectivity index (χ0n) is 10.4. The smallest absolute Gasteiger partial charge is 0.326 e. The Kier molecular flexibility index (Phi) is 4.98. The maximum atomic E-state index is 12.2. The summed E-state index contributed by atoms with van der Waals surface area (Å²) < 4.78 is 0. The molecule has 0 saturated carbocycles. The van der Waals surface area contributed by atoms with Crippen molar-refractivity contribution in [2.45, 2.75) is 31.9 Å². The van der Waals surface area contributed by atoms with Crippen molar-refractivity contribution in [3.63, 3.8) is 0 Å². The third-order valence-corrected chi connectivity index (χ3v) is 2.86. The molecule has 1 saturated heterocycles. The van der Waals surface area contributed by atoms with Crippen molar-refractivity contribution < 1.29 is 19.8 Å². The van der Waals surface area contributed by atoms with Crippen molar-refractivity contribution in [1.82, 2.24) is 9.80 Å². The molecule has 1 aliphatic rings. The van der Waals surface area contributed by atoms with Crippen molar-refractivity contribution in [3.8, 4) is 12.3 Å². The fourth-order valence-electron chi connectivity index (χ4n) is 2.06. The zero-order chi connectivity index (χ0) is 13.7. The Labute approximate surface area is 106 Å². The first-order chi connectivity index (χ1) is 8.51. The summed E-state index contributed by atoms with van der Waals surface area (Å²) >= 11 is 0. The average Bonchev–Trinajstić information content (AvgIpc) is 2.70. The molecule has 0 aliphatic carbocycles. The lowest BCUT2D eigenvalue weighted by atomic mass is 10.2. The third-order valence-electron chi connectivity index (χ3n) is 2.86. The number of carboxylic acids is 1. The van der Waals surface area contributed by atoms with E-state index in [1.54, 1.807) is 0 Å². The molecular weight excluding hydrogens is 236 g/mol. The Morgan fingerprint density at radius 3 is 2.72 bits per heavy atom. The quantitative estimate of drug-likeness (QED) is 0.690. The van der Waals surface area contributed by atoms with E-state index in [0.29, 0.717) is 6.54 Å². The molecule has 0 radical (unpaired) electrons. The minimum Gasteiger partial charge on any atom is -0.480 e. The van der Waals surface area contributed by atoms with Crippen LogP contribution in [0.15, 0.2) is 0 Å². The molecule has 1 rings (SSSR count). The molecule has 6 heteroatoms. The van der Waals surface area contributed by atoms with E-state index in [4.69, 9.17) is 11.5 Å². The first-order valence-corrected chi connectivity index (χ1v) is 5.91. The van der Waals surface area contributed by atoms with Gasteiger partial charge in [-0.2, -0.15) is 0 Å². The molecule has 2 N–H and O–H groups in total. The number of nitrogens with zero attached hydrogens (tertiary/aromatic N) is 2. The predicted octanol–water partition coefficient (Wildman–Crippen LogP) is -0.0286. The van der Waals surface area contributed by atoms with Crippen LogP contribution in [0.25, 0.3) is 0 Å². The van der Waals surface area contributed by atoms with Gasteiger partial charge in [0.05, 0.1) is 12.6 Å². The summed E-state index contributed by atoms with van der Waals surface area (Å²) in [7, 11) is 0. The predicted molar refractivity (Wildman–Crippen MR) is 64.8 cm³/mol. The number of amides is 2. The molecule has 0 bridgehead atoms. The number of rotatable bonds is 4. The van der Waals surface area contributed by atoms with Gasteiger partial charge in [0.1, 0.15) is 6.04 Å².